The van der Waals surface area contributed by atoms with Crippen LogP contribution in [0.25, 0.3) is 0 Å². The van der Waals surface area contributed by atoms with Gasteiger partial charge in [0.1, 0.15) is 0 Å². The maximum atomic E-state index is 6.16. The van der Waals surface area contributed by atoms with Gasteiger partial charge in [0.05, 0.1) is 14.2 Å². The van der Waals surface area contributed by atoms with Crippen LogP contribution in [0, 0.1) is 0 Å². The van der Waals surface area contributed by atoms with Crippen molar-refractivity contribution in [2.75, 3.05) is 20.8 Å². The van der Waals surface area contributed by atoms with Gasteiger partial charge in [-0.15, -0.1) is 0 Å². The number of halogens is 1. The van der Waals surface area contributed by atoms with E-state index in [4.69, 9.17) is 15.2 Å². The van der Waals surface area contributed by atoms with Crippen molar-refractivity contribution < 1.29 is 9.47 Å². The molecule has 1 aromatic rings. The highest BCUT2D eigenvalue weighted by molar-refractivity contribution is 9.10. The van der Waals surface area contributed by atoms with Gasteiger partial charge in [0.15, 0.2) is 11.5 Å². The second-order valence-corrected chi connectivity index (χ2v) is 6.30. The zero-order chi connectivity index (χ0) is 14.8. The van der Waals surface area contributed by atoms with Gasteiger partial charge in [-0.25, -0.2) is 0 Å². The molecule has 1 aliphatic carbocycles. The lowest BCUT2D eigenvalue weighted by Gasteiger charge is -2.32. The Bertz CT molecular complexity index is 482. The number of hydrogen-bond donors (Lipinski definition) is 1. The minimum absolute atomic E-state index is 0.0165. The summed E-state index contributed by atoms with van der Waals surface area (Å²) in [7, 11) is 3.40. The van der Waals surface area contributed by atoms with Crippen molar-refractivity contribution in [2.45, 2.75) is 44.4 Å². The Hall–Kier alpha value is -0.740. The van der Waals surface area contributed by atoms with Gasteiger partial charge < -0.3 is 15.2 Å². The Morgan fingerprint density at radius 2 is 1.90 bits per heavy atom. The Morgan fingerprint density at radius 3 is 2.35 bits per heavy atom. The number of rotatable bonds is 5. The highest BCUT2D eigenvalue weighted by Crippen LogP contribution is 2.51. The summed E-state index contributed by atoms with van der Waals surface area (Å²) in [5.41, 5.74) is 8.63. The highest BCUT2D eigenvalue weighted by atomic mass is 79.9. The average Bonchev–Trinajstić information content (AvgIpc) is 2.96. The Balaban J connectivity index is 2.71. The molecule has 1 saturated carbocycles. The topological polar surface area (TPSA) is 44.5 Å². The van der Waals surface area contributed by atoms with E-state index in [2.05, 4.69) is 28.9 Å². The van der Waals surface area contributed by atoms with E-state index in [1.807, 2.05) is 0 Å². The van der Waals surface area contributed by atoms with Crippen LogP contribution in [0.15, 0.2) is 10.5 Å². The molecule has 2 N–H and O–H groups in total. The maximum absolute atomic E-state index is 6.16. The van der Waals surface area contributed by atoms with Crippen LogP contribution >= 0.6 is 15.9 Å². The zero-order valence-corrected chi connectivity index (χ0v) is 14.2. The fourth-order valence-electron chi connectivity index (χ4n) is 3.36. The van der Waals surface area contributed by atoms with E-state index in [0.29, 0.717) is 6.54 Å². The lowest BCUT2D eigenvalue weighted by molar-refractivity contribution is 0.335. The molecule has 2 rings (SSSR count). The largest absolute Gasteiger partial charge is 0.493 e. The molecule has 0 radical (unpaired) electrons. The van der Waals surface area contributed by atoms with Crippen LogP contribution < -0.4 is 15.2 Å². The van der Waals surface area contributed by atoms with Crippen molar-refractivity contribution in [3.8, 4) is 11.5 Å². The predicted molar refractivity (Wildman–Crippen MR) is 85.8 cm³/mol. The summed E-state index contributed by atoms with van der Waals surface area (Å²) in [6, 6.07) is 2.06. The standard InChI is InChI=1S/C16H24BrNO2/c1-4-11-9-12(19-2)15(20-3)13(14(11)17)16(10-18)7-5-6-8-16/h9H,4-8,10,18H2,1-3H3. The van der Waals surface area contributed by atoms with Crippen LogP contribution in [0.5, 0.6) is 11.5 Å². The van der Waals surface area contributed by atoms with E-state index < -0.39 is 0 Å². The molecule has 1 aromatic carbocycles. The molecule has 4 heteroatoms. The summed E-state index contributed by atoms with van der Waals surface area (Å²) < 4.78 is 12.4. The van der Waals surface area contributed by atoms with Gasteiger partial charge in [-0.2, -0.15) is 0 Å². The van der Waals surface area contributed by atoms with Crippen molar-refractivity contribution in [2.24, 2.45) is 5.73 Å². The Labute approximate surface area is 130 Å². The monoisotopic (exact) mass is 341 g/mol. The van der Waals surface area contributed by atoms with E-state index in [9.17, 15) is 0 Å². The molecule has 20 heavy (non-hydrogen) atoms. The van der Waals surface area contributed by atoms with Crippen LogP contribution in [0.1, 0.15) is 43.7 Å². The maximum Gasteiger partial charge on any atom is 0.165 e. The van der Waals surface area contributed by atoms with Crippen molar-refractivity contribution in [3.05, 3.63) is 21.7 Å². The molecule has 1 fully saturated rings. The molecule has 3 nitrogen and oxygen atoms in total. The summed E-state index contributed by atoms with van der Waals surface area (Å²) in [6.45, 7) is 2.80. The van der Waals surface area contributed by atoms with Crippen molar-refractivity contribution in [1.82, 2.24) is 0 Å². The Morgan fingerprint density at radius 1 is 1.25 bits per heavy atom. The molecule has 0 saturated heterocycles. The number of benzene rings is 1. The number of nitrogens with two attached hydrogens (primary N) is 1. The molecule has 0 aromatic heterocycles. The number of aryl methyl sites for hydroxylation is 1. The lowest BCUT2D eigenvalue weighted by Crippen LogP contribution is -2.33. The highest BCUT2D eigenvalue weighted by Gasteiger charge is 2.39. The van der Waals surface area contributed by atoms with Gasteiger partial charge in [0.25, 0.3) is 0 Å². The summed E-state index contributed by atoms with van der Waals surface area (Å²) in [4.78, 5) is 0. The molecule has 0 unspecified atom stereocenters. The van der Waals surface area contributed by atoms with Crippen LogP contribution in [-0.2, 0) is 11.8 Å². The molecule has 0 aliphatic heterocycles. The minimum Gasteiger partial charge on any atom is -0.493 e. The molecular formula is C16H24BrNO2. The number of hydrogen-bond acceptors (Lipinski definition) is 3. The molecule has 1 aliphatic rings. The summed E-state index contributed by atoms with van der Waals surface area (Å²) in [5.74, 6) is 1.64. The third-order valence-electron chi connectivity index (χ3n) is 4.54. The molecular weight excluding hydrogens is 318 g/mol. The van der Waals surface area contributed by atoms with Crippen molar-refractivity contribution >= 4 is 15.9 Å². The Kier molecular flexibility index (Phi) is 4.97. The van der Waals surface area contributed by atoms with Crippen LogP contribution in [-0.4, -0.2) is 20.8 Å². The summed E-state index contributed by atoms with van der Waals surface area (Å²) in [5, 5.41) is 0. The van der Waals surface area contributed by atoms with E-state index in [-0.39, 0.29) is 5.41 Å². The van der Waals surface area contributed by atoms with Gasteiger partial charge in [-0.05, 0) is 30.9 Å². The van der Waals surface area contributed by atoms with Crippen molar-refractivity contribution in [3.63, 3.8) is 0 Å². The first-order valence-electron chi connectivity index (χ1n) is 7.27. The lowest BCUT2D eigenvalue weighted by atomic mass is 9.77. The second-order valence-electron chi connectivity index (χ2n) is 5.51. The minimum atomic E-state index is 0.0165. The van der Waals surface area contributed by atoms with E-state index in [0.717, 1.165) is 35.2 Å². The summed E-state index contributed by atoms with van der Waals surface area (Å²) >= 11 is 3.79. The van der Waals surface area contributed by atoms with Crippen LogP contribution in [0.3, 0.4) is 0 Å². The van der Waals surface area contributed by atoms with E-state index in [1.165, 1.54) is 24.0 Å². The first kappa shape index (κ1) is 15.6. The first-order chi connectivity index (χ1) is 9.63. The number of methoxy groups -OCH3 is 2. The normalized spacial score (nSPS) is 17.2. The van der Waals surface area contributed by atoms with Gasteiger partial charge in [0.2, 0.25) is 0 Å². The smallest absolute Gasteiger partial charge is 0.165 e. The fraction of sp³-hybridized carbons (Fsp3) is 0.625. The van der Waals surface area contributed by atoms with Crippen LogP contribution in [0.4, 0.5) is 0 Å². The predicted octanol–water partition coefficient (Wildman–Crippen LogP) is 3.80. The quantitative estimate of drug-likeness (QED) is 0.885. The SMILES string of the molecule is CCc1cc(OC)c(OC)c(C2(CN)CCCC2)c1Br. The van der Waals surface area contributed by atoms with Crippen molar-refractivity contribution in [1.29, 1.82) is 0 Å². The fourth-order valence-corrected chi connectivity index (χ4v) is 4.36. The summed E-state index contributed by atoms with van der Waals surface area (Å²) in [6.07, 6.45) is 5.65. The van der Waals surface area contributed by atoms with E-state index in [1.54, 1.807) is 14.2 Å². The van der Waals surface area contributed by atoms with E-state index >= 15 is 0 Å². The third-order valence-corrected chi connectivity index (χ3v) is 5.45. The second kappa shape index (κ2) is 6.35. The van der Waals surface area contributed by atoms with Gasteiger partial charge in [-0.3, -0.25) is 0 Å². The third kappa shape index (κ3) is 2.44. The van der Waals surface area contributed by atoms with Gasteiger partial charge >= 0.3 is 0 Å². The van der Waals surface area contributed by atoms with Crippen LogP contribution in [0.2, 0.25) is 0 Å². The first-order valence-corrected chi connectivity index (χ1v) is 8.06. The molecule has 0 heterocycles. The zero-order valence-electron chi connectivity index (χ0n) is 12.6. The molecule has 0 bridgehead atoms. The molecule has 0 spiro atoms. The number of ether oxygens (including phenoxy) is 2. The molecule has 0 atom stereocenters. The van der Waals surface area contributed by atoms with Gasteiger partial charge in [-0.1, -0.05) is 35.7 Å². The average molecular weight is 342 g/mol. The molecule has 112 valence electrons. The molecule has 0 amide bonds. The van der Waals surface area contributed by atoms with Gasteiger partial charge in [0, 0.05) is 22.0 Å².